The molecule has 0 fully saturated rings. The van der Waals surface area contributed by atoms with Crippen LogP contribution in [0, 0.1) is 0 Å². The molecular formula is C15H14N2O4. The summed E-state index contributed by atoms with van der Waals surface area (Å²) in [6.45, 7) is 0. The summed E-state index contributed by atoms with van der Waals surface area (Å²) >= 11 is 0. The molecule has 0 atom stereocenters. The third-order valence-corrected chi connectivity index (χ3v) is 2.77. The first-order valence-electron chi connectivity index (χ1n) is 6.14. The standard InChI is InChI=1S/C15H14N2O4/c1-20-11-6-3-5-10(9-11)14(18)17-12-7-4-8-16-13(12)15(19)21-2/h3-9H,1-2H3,(H,17,18). The summed E-state index contributed by atoms with van der Waals surface area (Å²) in [6.07, 6.45) is 1.45. The maximum absolute atomic E-state index is 12.2. The number of hydrogen-bond acceptors (Lipinski definition) is 5. The van der Waals surface area contributed by atoms with Crippen LogP contribution >= 0.6 is 0 Å². The number of pyridine rings is 1. The van der Waals surface area contributed by atoms with Crippen LogP contribution in [0.25, 0.3) is 0 Å². The van der Waals surface area contributed by atoms with Gasteiger partial charge in [-0.1, -0.05) is 6.07 Å². The summed E-state index contributed by atoms with van der Waals surface area (Å²) in [5, 5.41) is 2.64. The van der Waals surface area contributed by atoms with E-state index in [9.17, 15) is 9.59 Å². The molecule has 6 heteroatoms. The maximum atomic E-state index is 12.2. The highest BCUT2D eigenvalue weighted by Gasteiger charge is 2.16. The SMILES string of the molecule is COC(=O)c1ncccc1NC(=O)c1cccc(OC)c1. The van der Waals surface area contributed by atoms with Crippen LogP contribution in [-0.2, 0) is 4.74 Å². The minimum atomic E-state index is -0.614. The summed E-state index contributed by atoms with van der Waals surface area (Å²) in [7, 11) is 2.78. The number of carbonyl (C=O) groups is 2. The molecule has 0 spiro atoms. The Bertz CT molecular complexity index is 670. The molecule has 2 rings (SSSR count). The van der Waals surface area contributed by atoms with Gasteiger partial charge in [0.25, 0.3) is 5.91 Å². The zero-order chi connectivity index (χ0) is 15.2. The largest absolute Gasteiger partial charge is 0.497 e. The molecule has 0 saturated heterocycles. The number of aromatic nitrogens is 1. The van der Waals surface area contributed by atoms with Gasteiger partial charge in [0.1, 0.15) is 5.75 Å². The van der Waals surface area contributed by atoms with Crippen LogP contribution in [0.5, 0.6) is 5.75 Å². The molecule has 0 bridgehead atoms. The van der Waals surface area contributed by atoms with Gasteiger partial charge in [-0.3, -0.25) is 4.79 Å². The monoisotopic (exact) mass is 286 g/mol. The summed E-state index contributed by atoms with van der Waals surface area (Å²) in [5.41, 5.74) is 0.752. The first kappa shape index (κ1) is 14.5. The number of hydrogen-bond donors (Lipinski definition) is 1. The van der Waals surface area contributed by atoms with Crippen molar-refractivity contribution < 1.29 is 19.1 Å². The lowest BCUT2D eigenvalue weighted by Crippen LogP contribution is -2.16. The van der Waals surface area contributed by atoms with Gasteiger partial charge in [0, 0.05) is 11.8 Å². The summed E-state index contributed by atoms with van der Waals surface area (Å²) in [6, 6.07) is 9.89. The van der Waals surface area contributed by atoms with Gasteiger partial charge in [-0.15, -0.1) is 0 Å². The second-order valence-electron chi connectivity index (χ2n) is 4.08. The van der Waals surface area contributed by atoms with E-state index in [4.69, 9.17) is 4.74 Å². The molecule has 1 aromatic carbocycles. The highest BCUT2D eigenvalue weighted by Crippen LogP contribution is 2.17. The number of carbonyl (C=O) groups excluding carboxylic acids is 2. The number of benzene rings is 1. The molecule has 0 aliphatic heterocycles. The van der Waals surface area contributed by atoms with Gasteiger partial charge in [0.05, 0.1) is 19.9 Å². The predicted molar refractivity (Wildman–Crippen MR) is 76.5 cm³/mol. The molecule has 0 aliphatic carbocycles. The van der Waals surface area contributed by atoms with Crippen LogP contribution in [0.1, 0.15) is 20.8 Å². The molecule has 0 radical (unpaired) electrons. The van der Waals surface area contributed by atoms with Crippen LogP contribution in [0.4, 0.5) is 5.69 Å². The minimum Gasteiger partial charge on any atom is -0.497 e. The number of methoxy groups -OCH3 is 2. The molecule has 6 nitrogen and oxygen atoms in total. The van der Waals surface area contributed by atoms with Crippen molar-refractivity contribution in [2.45, 2.75) is 0 Å². The van der Waals surface area contributed by atoms with Gasteiger partial charge < -0.3 is 14.8 Å². The Morgan fingerprint density at radius 2 is 1.95 bits per heavy atom. The van der Waals surface area contributed by atoms with E-state index in [1.54, 1.807) is 36.4 Å². The van der Waals surface area contributed by atoms with E-state index in [1.165, 1.54) is 20.4 Å². The number of esters is 1. The van der Waals surface area contributed by atoms with E-state index in [2.05, 4.69) is 15.0 Å². The van der Waals surface area contributed by atoms with Crippen LogP contribution in [0.15, 0.2) is 42.6 Å². The van der Waals surface area contributed by atoms with Gasteiger partial charge in [-0.2, -0.15) is 0 Å². The highest BCUT2D eigenvalue weighted by atomic mass is 16.5. The zero-order valence-electron chi connectivity index (χ0n) is 11.6. The fourth-order valence-corrected chi connectivity index (χ4v) is 1.72. The van der Waals surface area contributed by atoms with Crippen LogP contribution in [0.2, 0.25) is 0 Å². The quantitative estimate of drug-likeness (QED) is 0.871. The van der Waals surface area contributed by atoms with Gasteiger partial charge >= 0.3 is 5.97 Å². The Kier molecular flexibility index (Phi) is 4.50. The predicted octanol–water partition coefficient (Wildman–Crippen LogP) is 2.13. The summed E-state index contributed by atoms with van der Waals surface area (Å²) in [4.78, 5) is 27.7. The van der Waals surface area contributed by atoms with Crippen molar-refractivity contribution in [3.63, 3.8) is 0 Å². The lowest BCUT2D eigenvalue weighted by Gasteiger charge is -2.09. The summed E-state index contributed by atoms with van der Waals surface area (Å²) in [5.74, 6) is -0.411. The molecule has 1 amide bonds. The van der Waals surface area contributed by atoms with Gasteiger partial charge in [-0.25, -0.2) is 9.78 Å². The third kappa shape index (κ3) is 3.36. The van der Waals surface area contributed by atoms with Crippen molar-refractivity contribution in [1.29, 1.82) is 0 Å². The van der Waals surface area contributed by atoms with E-state index in [1.807, 2.05) is 0 Å². The van der Waals surface area contributed by atoms with E-state index >= 15 is 0 Å². The normalized spacial score (nSPS) is 9.81. The first-order valence-corrected chi connectivity index (χ1v) is 6.14. The van der Waals surface area contributed by atoms with Gasteiger partial charge in [-0.05, 0) is 30.3 Å². The van der Waals surface area contributed by atoms with Gasteiger partial charge in [0.2, 0.25) is 0 Å². The molecule has 2 aromatic rings. The number of nitrogens with one attached hydrogen (secondary N) is 1. The lowest BCUT2D eigenvalue weighted by atomic mass is 10.2. The molecular weight excluding hydrogens is 272 g/mol. The Morgan fingerprint density at radius 1 is 1.14 bits per heavy atom. The lowest BCUT2D eigenvalue weighted by molar-refractivity contribution is 0.0595. The molecule has 1 aromatic heterocycles. The molecule has 1 N–H and O–H groups in total. The van der Waals surface area contributed by atoms with E-state index in [0.717, 1.165) is 0 Å². The Hall–Kier alpha value is -2.89. The van der Waals surface area contributed by atoms with Crippen molar-refractivity contribution in [3.05, 3.63) is 53.9 Å². The molecule has 0 aliphatic rings. The number of amides is 1. The fourth-order valence-electron chi connectivity index (χ4n) is 1.72. The van der Waals surface area contributed by atoms with Crippen molar-refractivity contribution in [3.8, 4) is 5.75 Å². The van der Waals surface area contributed by atoms with Crippen molar-refractivity contribution >= 4 is 17.6 Å². The Balaban J connectivity index is 2.25. The number of rotatable bonds is 4. The van der Waals surface area contributed by atoms with Crippen LogP contribution in [-0.4, -0.2) is 31.1 Å². The Morgan fingerprint density at radius 3 is 2.67 bits per heavy atom. The molecule has 0 unspecified atom stereocenters. The van der Waals surface area contributed by atoms with Gasteiger partial charge in [0.15, 0.2) is 5.69 Å². The van der Waals surface area contributed by atoms with Crippen molar-refractivity contribution in [2.75, 3.05) is 19.5 Å². The van der Waals surface area contributed by atoms with Crippen LogP contribution < -0.4 is 10.1 Å². The number of ether oxygens (including phenoxy) is 2. The second kappa shape index (κ2) is 6.51. The van der Waals surface area contributed by atoms with Crippen molar-refractivity contribution in [2.24, 2.45) is 0 Å². The number of anilines is 1. The molecule has 0 saturated carbocycles. The molecule has 21 heavy (non-hydrogen) atoms. The number of nitrogens with zero attached hydrogens (tertiary/aromatic N) is 1. The van der Waals surface area contributed by atoms with E-state index in [-0.39, 0.29) is 17.3 Å². The smallest absolute Gasteiger partial charge is 0.358 e. The minimum absolute atomic E-state index is 0.0521. The van der Waals surface area contributed by atoms with Crippen LogP contribution in [0.3, 0.4) is 0 Å². The summed E-state index contributed by atoms with van der Waals surface area (Å²) < 4.78 is 9.70. The highest BCUT2D eigenvalue weighted by molar-refractivity contribution is 6.07. The van der Waals surface area contributed by atoms with Crippen molar-refractivity contribution in [1.82, 2.24) is 4.98 Å². The Labute approximate surface area is 121 Å². The zero-order valence-corrected chi connectivity index (χ0v) is 11.6. The fraction of sp³-hybridized carbons (Fsp3) is 0.133. The first-order chi connectivity index (χ1) is 10.2. The third-order valence-electron chi connectivity index (χ3n) is 2.77. The van der Waals surface area contributed by atoms with E-state index < -0.39 is 5.97 Å². The maximum Gasteiger partial charge on any atom is 0.358 e. The average Bonchev–Trinajstić information content (AvgIpc) is 2.54. The van der Waals surface area contributed by atoms with E-state index in [0.29, 0.717) is 11.3 Å². The molecule has 1 heterocycles. The second-order valence-corrected chi connectivity index (χ2v) is 4.08. The molecule has 108 valence electrons. The average molecular weight is 286 g/mol. The topological polar surface area (TPSA) is 77.5 Å².